The summed E-state index contributed by atoms with van der Waals surface area (Å²) < 4.78 is 1.51. The zero-order valence-corrected chi connectivity index (χ0v) is 18.0. The van der Waals surface area contributed by atoms with Crippen LogP contribution in [0.25, 0.3) is 5.69 Å². The lowest BCUT2D eigenvalue weighted by molar-refractivity contribution is -0.384. The van der Waals surface area contributed by atoms with Gasteiger partial charge in [0, 0.05) is 63.5 Å². The van der Waals surface area contributed by atoms with E-state index in [0.29, 0.717) is 23.7 Å². The van der Waals surface area contributed by atoms with Crippen LogP contribution in [0.1, 0.15) is 36.0 Å². The quantitative estimate of drug-likeness (QED) is 0.519. The summed E-state index contributed by atoms with van der Waals surface area (Å²) in [5, 5.41) is 17.9. The molecule has 0 bridgehead atoms. The minimum absolute atomic E-state index is 0.00242. The summed E-state index contributed by atoms with van der Waals surface area (Å²) in [5.74, 6) is 0.335. The monoisotopic (exact) mass is 440 g/mol. The standard InChI is InChI=1S/C22H28N6O4/c29-21(18-15-24-27(16-18)19-5-7-20(8-6-19)28(31)32)23-9-10-25-11-13-26(14-12-25)22(30)17-3-1-2-4-17/h5-8,15-17H,1-4,9-14H2,(H,23,29). The molecule has 1 saturated heterocycles. The number of nitro benzene ring substituents is 1. The Morgan fingerprint density at radius 1 is 1.09 bits per heavy atom. The van der Waals surface area contributed by atoms with Gasteiger partial charge in [0.2, 0.25) is 5.91 Å². The Morgan fingerprint density at radius 2 is 1.78 bits per heavy atom. The highest BCUT2D eigenvalue weighted by Crippen LogP contribution is 2.26. The lowest BCUT2D eigenvalue weighted by Crippen LogP contribution is -2.51. The molecular weight excluding hydrogens is 412 g/mol. The van der Waals surface area contributed by atoms with Gasteiger partial charge < -0.3 is 10.2 Å². The first-order valence-electron chi connectivity index (χ1n) is 11.1. The Kier molecular flexibility index (Phi) is 6.79. The maximum absolute atomic E-state index is 12.5. The van der Waals surface area contributed by atoms with E-state index in [1.807, 2.05) is 4.90 Å². The number of hydrogen-bond donors (Lipinski definition) is 1. The Morgan fingerprint density at radius 3 is 2.44 bits per heavy atom. The maximum atomic E-state index is 12.5. The number of carbonyl (C=O) groups excluding carboxylic acids is 2. The first kappa shape index (κ1) is 21.9. The predicted molar refractivity (Wildman–Crippen MR) is 118 cm³/mol. The fraction of sp³-hybridized carbons (Fsp3) is 0.500. The fourth-order valence-corrected chi connectivity index (χ4v) is 4.36. The smallest absolute Gasteiger partial charge is 0.269 e. The average Bonchev–Trinajstić information content (AvgIpc) is 3.52. The number of nitro groups is 1. The van der Waals surface area contributed by atoms with E-state index >= 15 is 0 Å². The average molecular weight is 441 g/mol. The number of amides is 2. The summed E-state index contributed by atoms with van der Waals surface area (Å²) in [6, 6.07) is 5.98. The molecule has 1 saturated carbocycles. The van der Waals surface area contributed by atoms with Crippen LogP contribution in [0, 0.1) is 16.0 Å². The molecule has 0 spiro atoms. The Bertz CT molecular complexity index is 959. The molecule has 1 N–H and O–H groups in total. The molecule has 2 fully saturated rings. The molecule has 2 amide bonds. The number of nitrogens with zero attached hydrogens (tertiary/aromatic N) is 5. The van der Waals surface area contributed by atoms with Crippen LogP contribution < -0.4 is 5.32 Å². The number of rotatable bonds is 7. The van der Waals surface area contributed by atoms with Gasteiger partial charge in [-0.3, -0.25) is 24.6 Å². The number of carbonyl (C=O) groups is 2. The SMILES string of the molecule is O=C(NCCN1CCN(C(=O)C2CCCC2)CC1)c1cnn(-c2ccc([N+](=O)[O-])cc2)c1. The van der Waals surface area contributed by atoms with Crippen molar-refractivity contribution in [3.05, 3.63) is 52.3 Å². The summed E-state index contributed by atoms with van der Waals surface area (Å²) in [7, 11) is 0. The molecule has 10 heteroatoms. The molecule has 0 atom stereocenters. The molecule has 10 nitrogen and oxygen atoms in total. The lowest BCUT2D eigenvalue weighted by atomic mass is 10.1. The fourth-order valence-electron chi connectivity index (χ4n) is 4.36. The van der Waals surface area contributed by atoms with Crippen molar-refractivity contribution in [3.63, 3.8) is 0 Å². The lowest BCUT2D eigenvalue weighted by Gasteiger charge is -2.36. The van der Waals surface area contributed by atoms with Crippen LogP contribution in [-0.2, 0) is 4.79 Å². The van der Waals surface area contributed by atoms with E-state index in [-0.39, 0.29) is 17.5 Å². The van der Waals surface area contributed by atoms with Crippen LogP contribution in [0.3, 0.4) is 0 Å². The van der Waals surface area contributed by atoms with Gasteiger partial charge in [0.1, 0.15) is 0 Å². The number of hydrogen-bond acceptors (Lipinski definition) is 6. The van der Waals surface area contributed by atoms with Crippen molar-refractivity contribution in [1.29, 1.82) is 0 Å². The molecular formula is C22H28N6O4. The molecule has 170 valence electrons. The maximum Gasteiger partial charge on any atom is 0.269 e. The van der Waals surface area contributed by atoms with E-state index in [2.05, 4.69) is 15.3 Å². The molecule has 1 aliphatic carbocycles. The van der Waals surface area contributed by atoms with Crippen molar-refractivity contribution in [2.45, 2.75) is 25.7 Å². The summed E-state index contributed by atoms with van der Waals surface area (Å²) in [6.45, 7) is 4.40. The summed E-state index contributed by atoms with van der Waals surface area (Å²) in [4.78, 5) is 39.5. The third kappa shape index (κ3) is 5.13. The van der Waals surface area contributed by atoms with Gasteiger partial charge >= 0.3 is 0 Å². The molecule has 1 aliphatic heterocycles. The molecule has 2 heterocycles. The Hall–Kier alpha value is -3.27. The highest BCUT2D eigenvalue weighted by Gasteiger charge is 2.29. The predicted octanol–water partition coefficient (Wildman–Crippen LogP) is 1.84. The topological polar surface area (TPSA) is 114 Å². The van der Waals surface area contributed by atoms with E-state index in [1.165, 1.54) is 35.9 Å². The molecule has 0 radical (unpaired) electrons. The van der Waals surface area contributed by atoms with E-state index in [4.69, 9.17) is 0 Å². The molecule has 1 aromatic heterocycles. The molecule has 1 aromatic carbocycles. The van der Waals surface area contributed by atoms with Crippen molar-refractivity contribution in [1.82, 2.24) is 24.9 Å². The van der Waals surface area contributed by atoms with Crippen LogP contribution >= 0.6 is 0 Å². The Labute approximate surface area is 186 Å². The van der Waals surface area contributed by atoms with Crippen LogP contribution in [0.2, 0.25) is 0 Å². The van der Waals surface area contributed by atoms with Gasteiger partial charge in [-0.25, -0.2) is 4.68 Å². The van der Waals surface area contributed by atoms with Gasteiger partial charge in [0.15, 0.2) is 0 Å². The van der Waals surface area contributed by atoms with Gasteiger partial charge in [-0.15, -0.1) is 0 Å². The van der Waals surface area contributed by atoms with Crippen molar-refractivity contribution >= 4 is 17.5 Å². The number of nitrogens with one attached hydrogen (secondary N) is 1. The zero-order chi connectivity index (χ0) is 22.5. The van der Waals surface area contributed by atoms with Gasteiger partial charge in [-0.1, -0.05) is 12.8 Å². The normalized spacial score (nSPS) is 17.4. The number of aromatic nitrogens is 2. The van der Waals surface area contributed by atoms with Crippen molar-refractivity contribution in [3.8, 4) is 5.69 Å². The van der Waals surface area contributed by atoms with Gasteiger partial charge in [-0.2, -0.15) is 5.10 Å². The molecule has 0 unspecified atom stereocenters. The first-order valence-corrected chi connectivity index (χ1v) is 11.1. The molecule has 2 aliphatic rings. The molecule has 2 aromatic rings. The third-order valence-corrected chi connectivity index (χ3v) is 6.27. The van der Waals surface area contributed by atoms with E-state index in [1.54, 1.807) is 18.3 Å². The van der Waals surface area contributed by atoms with Crippen LogP contribution in [-0.4, -0.2) is 75.6 Å². The van der Waals surface area contributed by atoms with Gasteiger partial charge in [-0.05, 0) is 25.0 Å². The number of piperazine rings is 1. The highest BCUT2D eigenvalue weighted by molar-refractivity contribution is 5.93. The molecule has 32 heavy (non-hydrogen) atoms. The minimum atomic E-state index is -0.459. The second kappa shape index (κ2) is 9.90. The second-order valence-electron chi connectivity index (χ2n) is 8.35. The number of non-ortho nitro benzene ring substituents is 1. The van der Waals surface area contributed by atoms with E-state index < -0.39 is 4.92 Å². The van der Waals surface area contributed by atoms with Crippen LogP contribution in [0.15, 0.2) is 36.7 Å². The largest absolute Gasteiger partial charge is 0.351 e. The highest BCUT2D eigenvalue weighted by atomic mass is 16.6. The van der Waals surface area contributed by atoms with Crippen molar-refractivity contribution < 1.29 is 14.5 Å². The summed E-state index contributed by atoms with van der Waals surface area (Å²) in [6.07, 6.45) is 7.48. The van der Waals surface area contributed by atoms with Crippen LogP contribution in [0.4, 0.5) is 5.69 Å². The summed E-state index contributed by atoms with van der Waals surface area (Å²) >= 11 is 0. The van der Waals surface area contributed by atoms with Crippen molar-refractivity contribution in [2.75, 3.05) is 39.3 Å². The summed E-state index contributed by atoms with van der Waals surface area (Å²) in [5.41, 5.74) is 1.07. The Balaban J connectivity index is 1.20. The minimum Gasteiger partial charge on any atom is -0.351 e. The second-order valence-corrected chi connectivity index (χ2v) is 8.35. The third-order valence-electron chi connectivity index (χ3n) is 6.27. The molecule has 4 rings (SSSR count). The zero-order valence-electron chi connectivity index (χ0n) is 18.0. The van der Waals surface area contributed by atoms with E-state index in [9.17, 15) is 19.7 Å². The van der Waals surface area contributed by atoms with E-state index in [0.717, 1.165) is 45.6 Å². The number of benzene rings is 1. The first-order chi connectivity index (χ1) is 15.5. The van der Waals surface area contributed by atoms with Crippen molar-refractivity contribution in [2.24, 2.45) is 5.92 Å². The van der Waals surface area contributed by atoms with Crippen LogP contribution in [0.5, 0.6) is 0 Å². The van der Waals surface area contributed by atoms with Gasteiger partial charge in [0.05, 0.1) is 22.4 Å². The van der Waals surface area contributed by atoms with Gasteiger partial charge in [0.25, 0.3) is 11.6 Å².